The summed E-state index contributed by atoms with van der Waals surface area (Å²) in [4.78, 5) is 10.6. The Hall–Kier alpha value is -0.610. The lowest BCUT2D eigenvalue weighted by Gasteiger charge is -2.15. The van der Waals surface area contributed by atoms with Crippen molar-refractivity contribution in [1.82, 2.24) is 0 Å². The SMILES string of the molecule is CCCCCCCCCCCCCCCCCCCCCCCCC(O)(O)C(=O)O. The first-order valence-electron chi connectivity index (χ1n) is 13.2. The van der Waals surface area contributed by atoms with E-state index in [4.69, 9.17) is 5.11 Å². The molecule has 0 aliphatic rings. The van der Waals surface area contributed by atoms with Gasteiger partial charge in [0.2, 0.25) is 0 Å². The van der Waals surface area contributed by atoms with Gasteiger partial charge < -0.3 is 15.3 Å². The predicted octanol–water partition coefficient (Wildman–Crippen LogP) is 7.74. The molecule has 0 radical (unpaired) electrons. The highest BCUT2D eigenvalue weighted by Crippen LogP contribution is 2.16. The van der Waals surface area contributed by atoms with Gasteiger partial charge in [0.15, 0.2) is 0 Å². The van der Waals surface area contributed by atoms with Crippen molar-refractivity contribution in [3.63, 3.8) is 0 Å². The van der Waals surface area contributed by atoms with E-state index in [1.807, 2.05) is 0 Å². The Bertz CT molecular complexity index is 368. The molecule has 0 heterocycles. The molecule has 0 amide bonds. The van der Waals surface area contributed by atoms with Crippen LogP contribution < -0.4 is 0 Å². The highest BCUT2D eigenvalue weighted by molar-refractivity contribution is 5.74. The number of hydrogen-bond donors (Lipinski definition) is 3. The number of unbranched alkanes of at least 4 members (excludes halogenated alkanes) is 21. The van der Waals surface area contributed by atoms with Gasteiger partial charge in [0.1, 0.15) is 0 Å². The van der Waals surface area contributed by atoms with Crippen LogP contribution >= 0.6 is 0 Å². The summed E-state index contributed by atoms with van der Waals surface area (Å²) < 4.78 is 0. The van der Waals surface area contributed by atoms with E-state index in [1.54, 1.807) is 0 Å². The van der Waals surface area contributed by atoms with Gasteiger partial charge in [-0.1, -0.05) is 142 Å². The van der Waals surface area contributed by atoms with E-state index >= 15 is 0 Å². The molecule has 4 nitrogen and oxygen atoms in total. The van der Waals surface area contributed by atoms with Crippen LogP contribution in [0.1, 0.15) is 155 Å². The van der Waals surface area contributed by atoms with Crippen LogP contribution in [0.4, 0.5) is 0 Å². The van der Waals surface area contributed by atoms with E-state index in [9.17, 15) is 15.0 Å². The lowest BCUT2D eigenvalue weighted by Crippen LogP contribution is -2.37. The average molecular weight is 429 g/mol. The average Bonchev–Trinajstić information content (AvgIpc) is 2.71. The van der Waals surface area contributed by atoms with E-state index < -0.39 is 11.8 Å². The second kappa shape index (κ2) is 21.6. The van der Waals surface area contributed by atoms with Crippen molar-refractivity contribution in [2.75, 3.05) is 0 Å². The van der Waals surface area contributed by atoms with Gasteiger partial charge in [-0.2, -0.15) is 0 Å². The third-order valence-electron chi connectivity index (χ3n) is 6.22. The van der Waals surface area contributed by atoms with Crippen LogP contribution in [0.3, 0.4) is 0 Å². The molecule has 0 aromatic heterocycles. The number of carboxylic acids is 1. The maximum Gasteiger partial charge on any atom is 0.364 e. The first-order chi connectivity index (χ1) is 14.5. The molecular formula is C26H52O4. The van der Waals surface area contributed by atoms with Gasteiger partial charge in [-0.25, -0.2) is 4.79 Å². The molecule has 0 saturated carbocycles. The zero-order valence-electron chi connectivity index (χ0n) is 20.0. The molecule has 4 heteroatoms. The molecule has 3 N–H and O–H groups in total. The van der Waals surface area contributed by atoms with Gasteiger partial charge in [-0.3, -0.25) is 0 Å². The third kappa shape index (κ3) is 20.7. The van der Waals surface area contributed by atoms with Crippen molar-refractivity contribution < 1.29 is 20.1 Å². The molecule has 0 saturated heterocycles. The molecule has 0 aliphatic carbocycles. The summed E-state index contributed by atoms with van der Waals surface area (Å²) in [5.41, 5.74) is 0. The van der Waals surface area contributed by atoms with Crippen LogP contribution in [-0.4, -0.2) is 27.1 Å². The number of carbonyl (C=O) groups is 1. The number of aliphatic carboxylic acids is 1. The fraction of sp³-hybridized carbons (Fsp3) is 0.962. The minimum absolute atomic E-state index is 0.0819. The minimum atomic E-state index is -2.55. The van der Waals surface area contributed by atoms with Crippen molar-refractivity contribution in [2.24, 2.45) is 0 Å². The van der Waals surface area contributed by atoms with E-state index in [0.29, 0.717) is 6.42 Å². The standard InChI is InChI=1S/C26H52O4/c1-2-3-4-5-6-7-8-9-10-11-12-13-14-15-16-17-18-19-20-21-22-23-24-26(29,30)25(27)28/h29-30H,2-24H2,1H3,(H,27,28). The van der Waals surface area contributed by atoms with Crippen molar-refractivity contribution in [3.8, 4) is 0 Å². The molecule has 180 valence electrons. The fourth-order valence-corrected chi connectivity index (χ4v) is 4.09. The number of rotatable bonds is 24. The zero-order chi connectivity index (χ0) is 22.3. The maximum atomic E-state index is 10.6. The Morgan fingerprint density at radius 1 is 0.500 bits per heavy atom. The molecule has 0 bridgehead atoms. The molecule has 0 rings (SSSR count). The molecule has 0 spiro atoms. The smallest absolute Gasteiger partial charge is 0.364 e. The molecule has 0 aromatic rings. The summed E-state index contributed by atoms with van der Waals surface area (Å²) in [5, 5.41) is 27.0. The number of aliphatic hydroxyl groups is 2. The first-order valence-corrected chi connectivity index (χ1v) is 13.2. The number of carboxylic acid groups (broad SMARTS) is 1. The molecule has 0 unspecified atom stereocenters. The van der Waals surface area contributed by atoms with E-state index in [-0.39, 0.29) is 6.42 Å². The van der Waals surface area contributed by atoms with Gasteiger partial charge in [-0.15, -0.1) is 0 Å². The van der Waals surface area contributed by atoms with Crippen molar-refractivity contribution in [1.29, 1.82) is 0 Å². The van der Waals surface area contributed by atoms with Crippen LogP contribution in [0.5, 0.6) is 0 Å². The van der Waals surface area contributed by atoms with Crippen LogP contribution in [0, 0.1) is 0 Å². The fourth-order valence-electron chi connectivity index (χ4n) is 4.09. The summed E-state index contributed by atoms with van der Waals surface area (Å²) in [5.74, 6) is -4.10. The molecule has 0 fully saturated rings. The molecule has 0 atom stereocenters. The topological polar surface area (TPSA) is 77.8 Å². The van der Waals surface area contributed by atoms with Crippen molar-refractivity contribution >= 4 is 5.97 Å². The van der Waals surface area contributed by atoms with Crippen molar-refractivity contribution in [3.05, 3.63) is 0 Å². The van der Waals surface area contributed by atoms with Gasteiger partial charge in [-0.05, 0) is 6.42 Å². The van der Waals surface area contributed by atoms with Gasteiger partial charge >= 0.3 is 5.97 Å². The Kier molecular flexibility index (Phi) is 21.2. The molecular weight excluding hydrogens is 376 g/mol. The monoisotopic (exact) mass is 428 g/mol. The second-order valence-electron chi connectivity index (χ2n) is 9.30. The maximum absolute atomic E-state index is 10.6. The normalized spacial score (nSPS) is 11.8. The lowest BCUT2D eigenvalue weighted by molar-refractivity contribution is -0.205. The summed E-state index contributed by atoms with van der Waals surface area (Å²) in [6, 6.07) is 0. The summed E-state index contributed by atoms with van der Waals surface area (Å²) in [7, 11) is 0. The number of hydrogen-bond acceptors (Lipinski definition) is 3. The summed E-state index contributed by atoms with van der Waals surface area (Å²) >= 11 is 0. The van der Waals surface area contributed by atoms with Crippen LogP contribution in [-0.2, 0) is 4.79 Å². The van der Waals surface area contributed by atoms with Crippen LogP contribution in [0.2, 0.25) is 0 Å². The Morgan fingerprint density at radius 3 is 0.967 bits per heavy atom. The highest BCUT2D eigenvalue weighted by atomic mass is 16.5. The minimum Gasteiger partial charge on any atom is -0.477 e. The van der Waals surface area contributed by atoms with Gasteiger partial charge in [0, 0.05) is 6.42 Å². The van der Waals surface area contributed by atoms with E-state index in [0.717, 1.165) is 19.3 Å². The Balaban J connectivity index is 3.11. The summed E-state index contributed by atoms with van der Waals surface area (Å²) in [6.07, 6.45) is 28.6. The van der Waals surface area contributed by atoms with Crippen molar-refractivity contribution in [2.45, 2.75) is 160 Å². The third-order valence-corrected chi connectivity index (χ3v) is 6.22. The molecule has 0 aromatic carbocycles. The Morgan fingerprint density at radius 2 is 0.733 bits per heavy atom. The van der Waals surface area contributed by atoms with Crippen LogP contribution in [0.25, 0.3) is 0 Å². The molecule has 30 heavy (non-hydrogen) atoms. The van der Waals surface area contributed by atoms with E-state index in [1.165, 1.54) is 116 Å². The first kappa shape index (κ1) is 29.4. The Labute approximate surface area is 186 Å². The van der Waals surface area contributed by atoms with Crippen LogP contribution in [0.15, 0.2) is 0 Å². The van der Waals surface area contributed by atoms with Gasteiger partial charge in [0.25, 0.3) is 5.79 Å². The zero-order valence-corrected chi connectivity index (χ0v) is 20.0. The van der Waals surface area contributed by atoms with E-state index in [2.05, 4.69) is 6.92 Å². The quantitative estimate of drug-likeness (QED) is 0.108. The summed E-state index contributed by atoms with van der Waals surface area (Å²) in [6.45, 7) is 2.28. The lowest BCUT2D eigenvalue weighted by atomic mass is 10.0. The highest BCUT2D eigenvalue weighted by Gasteiger charge is 2.31. The largest absolute Gasteiger partial charge is 0.477 e. The molecule has 0 aliphatic heterocycles. The predicted molar refractivity (Wildman–Crippen MR) is 127 cm³/mol. The van der Waals surface area contributed by atoms with Gasteiger partial charge in [0.05, 0.1) is 0 Å². The second-order valence-corrected chi connectivity index (χ2v) is 9.30.